The molecule has 1 heterocycles. The molecule has 1 N–H and O–H groups in total. The van der Waals surface area contributed by atoms with Crippen molar-refractivity contribution in [2.75, 3.05) is 13.6 Å². The molecule has 0 saturated carbocycles. The van der Waals surface area contributed by atoms with Crippen molar-refractivity contribution >= 4 is 17.4 Å². The van der Waals surface area contributed by atoms with Gasteiger partial charge < -0.3 is 5.32 Å². The molecule has 60 valence electrons. The Morgan fingerprint density at radius 1 is 1.73 bits per heavy atom. The average Bonchev–Trinajstić information content (AvgIpc) is 2.37. The lowest BCUT2D eigenvalue weighted by Gasteiger charge is -1.85. The lowest BCUT2D eigenvalue weighted by atomic mass is 10.4. The Kier molecular flexibility index (Phi) is 3.26. The van der Waals surface area contributed by atoms with Crippen molar-refractivity contribution in [2.24, 2.45) is 0 Å². The van der Waals surface area contributed by atoms with Crippen molar-refractivity contribution in [1.82, 2.24) is 10.3 Å². The van der Waals surface area contributed by atoms with Crippen LogP contribution in [0.2, 0.25) is 0 Å². The minimum absolute atomic E-state index is 0.899. The molecular weight excluding hydrogens is 156 g/mol. The Morgan fingerprint density at radius 2 is 2.55 bits per heavy atom. The first kappa shape index (κ1) is 8.43. The van der Waals surface area contributed by atoms with Gasteiger partial charge in [0.15, 0.2) is 0 Å². The molecule has 0 aromatic carbocycles. The molecule has 0 amide bonds. The molecule has 1 aromatic rings. The van der Waals surface area contributed by atoms with Gasteiger partial charge >= 0.3 is 0 Å². The SMILES string of the molecule is CNCC=Cc1csc(C)n1. The maximum Gasteiger partial charge on any atom is 0.0901 e. The van der Waals surface area contributed by atoms with Gasteiger partial charge in [-0.1, -0.05) is 6.08 Å². The summed E-state index contributed by atoms with van der Waals surface area (Å²) in [6.45, 7) is 2.91. The molecular formula is C8H12N2S. The van der Waals surface area contributed by atoms with Crippen LogP contribution < -0.4 is 5.32 Å². The number of nitrogens with zero attached hydrogens (tertiary/aromatic N) is 1. The minimum Gasteiger partial charge on any atom is -0.316 e. The lowest BCUT2D eigenvalue weighted by Crippen LogP contribution is -2.03. The van der Waals surface area contributed by atoms with E-state index in [4.69, 9.17) is 0 Å². The topological polar surface area (TPSA) is 24.9 Å². The van der Waals surface area contributed by atoms with Crippen LogP contribution in [-0.4, -0.2) is 18.6 Å². The molecule has 0 bridgehead atoms. The van der Waals surface area contributed by atoms with Crippen molar-refractivity contribution in [3.63, 3.8) is 0 Å². The summed E-state index contributed by atoms with van der Waals surface area (Å²) in [6, 6.07) is 0. The van der Waals surface area contributed by atoms with Crippen molar-refractivity contribution in [2.45, 2.75) is 6.92 Å². The van der Waals surface area contributed by atoms with Crippen molar-refractivity contribution in [3.05, 3.63) is 22.2 Å². The molecule has 0 aliphatic rings. The van der Waals surface area contributed by atoms with E-state index in [0.717, 1.165) is 17.2 Å². The number of aromatic nitrogens is 1. The lowest BCUT2D eigenvalue weighted by molar-refractivity contribution is 0.922. The predicted octanol–water partition coefficient (Wildman–Crippen LogP) is 1.68. The number of likely N-dealkylation sites (N-methyl/N-ethyl adjacent to an activating group) is 1. The van der Waals surface area contributed by atoms with E-state index >= 15 is 0 Å². The van der Waals surface area contributed by atoms with Crippen LogP contribution in [0.5, 0.6) is 0 Å². The fourth-order valence-electron chi connectivity index (χ4n) is 0.754. The molecule has 0 atom stereocenters. The molecule has 0 unspecified atom stereocenters. The summed E-state index contributed by atoms with van der Waals surface area (Å²) in [5, 5.41) is 6.21. The third-order valence-electron chi connectivity index (χ3n) is 1.25. The first-order valence-corrected chi connectivity index (χ1v) is 4.44. The zero-order valence-electron chi connectivity index (χ0n) is 6.79. The van der Waals surface area contributed by atoms with Crippen LogP contribution in [0.4, 0.5) is 0 Å². The molecule has 0 aliphatic heterocycles. The van der Waals surface area contributed by atoms with Crippen LogP contribution in [0.25, 0.3) is 6.08 Å². The van der Waals surface area contributed by atoms with Gasteiger partial charge in [0.05, 0.1) is 10.7 Å². The van der Waals surface area contributed by atoms with Gasteiger partial charge in [-0.05, 0) is 20.0 Å². The number of thiazole rings is 1. The molecule has 0 radical (unpaired) electrons. The van der Waals surface area contributed by atoms with Gasteiger partial charge in [0.1, 0.15) is 0 Å². The van der Waals surface area contributed by atoms with Gasteiger partial charge in [0.25, 0.3) is 0 Å². The molecule has 0 fully saturated rings. The van der Waals surface area contributed by atoms with E-state index in [1.165, 1.54) is 0 Å². The first-order valence-electron chi connectivity index (χ1n) is 3.56. The zero-order valence-corrected chi connectivity index (χ0v) is 7.61. The predicted molar refractivity (Wildman–Crippen MR) is 49.8 cm³/mol. The average molecular weight is 168 g/mol. The zero-order chi connectivity index (χ0) is 8.10. The second-order valence-electron chi connectivity index (χ2n) is 2.25. The number of nitrogens with one attached hydrogen (secondary N) is 1. The summed E-state index contributed by atoms with van der Waals surface area (Å²) in [4.78, 5) is 4.29. The smallest absolute Gasteiger partial charge is 0.0901 e. The summed E-state index contributed by atoms with van der Waals surface area (Å²) >= 11 is 1.68. The maximum atomic E-state index is 4.29. The largest absolute Gasteiger partial charge is 0.316 e. The highest BCUT2D eigenvalue weighted by Gasteiger charge is 1.90. The Balaban J connectivity index is 2.50. The number of rotatable bonds is 3. The normalized spacial score (nSPS) is 11.1. The molecule has 1 rings (SSSR count). The highest BCUT2D eigenvalue weighted by molar-refractivity contribution is 7.09. The van der Waals surface area contributed by atoms with Crippen LogP contribution >= 0.6 is 11.3 Å². The van der Waals surface area contributed by atoms with Crippen LogP contribution in [0, 0.1) is 6.92 Å². The van der Waals surface area contributed by atoms with Gasteiger partial charge in [0.2, 0.25) is 0 Å². The highest BCUT2D eigenvalue weighted by Crippen LogP contribution is 2.08. The van der Waals surface area contributed by atoms with E-state index < -0.39 is 0 Å². The molecule has 0 saturated heterocycles. The third-order valence-corrected chi connectivity index (χ3v) is 2.04. The van der Waals surface area contributed by atoms with Crippen LogP contribution in [0.3, 0.4) is 0 Å². The first-order chi connectivity index (χ1) is 5.33. The second kappa shape index (κ2) is 4.26. The number of hydrogen-bond donors (Lipinski definition) is 1. The summed E-state index contributed by atoms with van der Waals surface area (Å²) in [5.74, 6) is 0. The van der Waals surface area contributed by atoms with E-state index in [0.29, 0.717) is 0 Å². The quantitative estimate of drug-likeness (QED) is 0.743. The molecule has 0 spiro atoms. The number of aryl methyl sites for hydroxylation is 1. The van der Waals surface area contributed by atoms with E-state index in [2.05, 4.69) is 21.8 Å². The molecule has 11 heavy (non-hydrogen) atoms. The van der Waals surface area contributed by atoms with Gasteiger partial charge in [-0.15, -0.1) is 11.3 Å². The van der Waals surface area contributed by atoms with E-state index in [1.54, 1.807) is 11.3 Å². The van der Waals surface area contributed by atoms with Crippen molar-refractivity contribution in [3.8, 4) is 0 Å². The van der Waals surface area contributed by atoms with E-state index in [1.807, 2.05) is 20.0 Å². The maximum absolute atomic E-state index is 4.29. The van der Waals surface area contributed by atoms with Crippen LogP contribution in [0.15, 0.2) is 11.5 Å². The van der Waals surface area contributed by atoms with Crippen molar-refractivity contribution in [1.29, 1.82) is 0 Å². The summed E-state index contributed by atoms with van der Waals surface area (Å²) in [7, 11) is 1.93. The monoisotopic (exact) mass is 168 g/mol. The van der Waals surface area contributed by atoms with Crippen LogP contribution in [-0.2, 0) is 0 Å². The summed E-state index contributed by atoms with van der Waals surface area (Å²) in [6.07, 6.45) is 4.09. The number of hydrogen-bond acceptors (Lipinski definition) is 3. The molecule has 0 aliphatic carbocycles. The highest BCUT2D eigenvalue weighted by atomic mass is 32.1. The fourth-order valence-corrected chi connectivity index (χ4v) is 1.33. The standard InChI is InChI=1S/C8H12N2S/c1-7-10-8(6-11-7)4-3-5-9-2/h3-4,6,9H,5H2,1-2H3. The minimum atomic E-state index is 0.899. The Morgan fingerprint density at radius 3 is 3.09 bits per heavy atom. The molecule has 1 aromatic heterocycles. The Labute approximate surface area is 71.0 Å². The van der Waals surface area contributed by atoms with Crippen molar-refractivity contribution < 1.29 is 0 Å². The third kappa shape index (κ3) is 2.82. The van der Waals surface area contributed by atoms with E-state index in [9.17, 15) is 0 Å². The second-order valence-corrected chi connectivity index (χ2v) is 3.31. The van der Waals surface area contributed by atoms with Gasteiger partial charge in [-0.3, -0.25) is 0 Å². The fraction of sp³-hybridized carbons (Fsp3) is 0.375. The summed E-state index contributed by atoms with van der Waals surface area (Å²) in [5.41, 5.74) is 1.06. The Hall–Kier alpha value is -0.670. The van der Waals surface area contributed by atoms with Gasteiger partial charge in [-0.2, -0.15) is 0 Å². The summed E-state index contributed by atoms with van der Waals surface area (Å²) < 4.78 is 0. The van der Waals surface area contributed by atoms with Gasteiger partial charge in [0, 0.05) is 11.9 Å². The Bertz CT molecular complexity index is 240. The van der Waals surface area contributed by atoms with E-state index in [-0.39, 0.29) is 0 Å². The van der Waals surface area contributed by atoms with Crippen LogP contribution in [0.1, 0.15) is 10.7 Å². The van der Waals surface area contributed by atoms with Gasteiger partial charge in [-0.25, -0.2) is 4.98 Å². The molecule has 3 heteroatoms. The molecule has 2 nitrogen and oxygen atoms in total.